The molecule has 0 saturated heterocycles. The van der Waals surface area contributed by atoms with Gasteiger partial charge in [-0.1, -0.05) is 79.1 Å². The molecule has 0 bridgehead atoms. The lowest BCUT2D eigenvalue weighted by molar-refractivity contribution is 0.112. The van der Waals surface area contributed by atoms with E-state index in [4.69, 9.17) is 0 Å². The highest BCUT2D eigenvalue weighted by atomic mass is 19.1. The van der Waals surface area contributed by atoms with Crippen LogP contribution < -0.4 is 0 Å². The van der Waals surface area contributed by atoms with Gasteiger partial charge in [-0.05, 0) is 67.6 Å². The molecule has 3 fully saturated rings. The molecule has 4 N–H and O–H groups in total. The molecule has 0 aromatic heterocycles. The average molecular weight is 391 g/mol. The topological polar surface area (TPSA) is 63.0 Å². The van der Waals surface area contributed by atoms with Crippen LogP contribution in [-0.2, 0) is 0 Å². The molecule has 0 heterocycles. The first-order valence-electron chi connectivity index (χ1n) is 11.8. The molecule has 0 spiro atoms. The maximum atomic E-state index is 15.2. The molecule has 0 aromatic rings. The van der Waals surface area contributed by atoms with Crippen molar-refractivity contribution in [2.75, 3.05) is 0 Å². The van der Waals surface area contributed by atoms with Gasteiger partial charge in [0, 0.05) is 1.43 Å². The first kappa shape index (κ1) is 26.9. The highest BCUT2D eigenvalue weighted by Crippen LogP contribution is 2.44. The third kappa shape index (κ3) is 8.01. The van der Waals surface area contributed by atoms with Crippen LogP contribution in [0.3, 0.4) is 0 Å². The van der Waals surface area contributed by atoms with Crippen molar-refractivity contribution in [3.8, 4) is 0 Å². The molecule has 27 heavy (non-hydrogen) atoms. The third-order valence-electron chi connectivity index (χ3n) is 7.74. The Morgan fingerprint density at radius 3 is 1.70 bits per heavy atom. The summed E-state index contributed by atoms with van der Waals surface area (Å²) in [4.78, 5) is 0. The van der Waals surface area contributed by atoms with Crippen LogP contribution in [0, 0.1) is 35.5 Å². The van der Waals surface area contributed by atoms with E-state index in [9.17, 15) is 0 Å². The van der Waals surface area contributed by atoms with Crippen LogP contribution in [0.1, 0.15) is 113 Å². The van der Waals surface area contributed by atoms with Crippen molar-refractivity contribution in [2.45, 2.75) is 117 Å². The lowest BCUT2D eigenvalue weighted by Crippen LogP contribution is -2.27. The summed E-state index contributed by atoms with van der Waals surface area (Å²) in [5.41, 5.74) is 0. The van der Waals surface area contributed by atoms with Crippen molar-refractivity contribution in [1.29, 1.82) is 0 Å². The van der Waals surface area contributed by atoms with Gasteiger partial charge >= 0.3 is 0 Å². The van der Waals surface area contributed by atoms with E-state index < -0.39 is 6.17 Å². The Morgan fingerprint density at radius 2 is 1.07 bits per heavy atom. The highest BCUT2D eigenvalue weighted by molar-refractivity contribution is 4.87. The summed E-state index contributed by atoms with van der Waals surface area (Å²) in [7, 11) is 0. The van der Waals surface area contributed by atoms with Gasteiger partial charge in [0.05, 0.1) is 0 Å². The molecule has 3 heteroatoms. The van der Waals surface area contributed by atoms with Gasteiger partial charge in [-0.2, -0.15) is 0 Å². The Balaban J connectivity index is 0. The summed E-state index contributed by atoms with van der Waals surface area (Å²) in [6.45, 7) is 8.78. The van der Waals surface area contributed by atoms with Crippen molar-refractivity contribution in [1.82, 2.24) is 0 Å². The van der Waals surface area contributed by atoms with E-state index in [1.165, 1.54) is 77.0 Å². The Hall–Kier alpha value is -0.150. The first-order chi connectivity index (χ1) is 12.1. The minimum Gasteiger partial charge on any atom is -0.412 e. The van der Waals surface area contributed by atoms with Gasteiger partial charge in [0.1, 0.15) is 6.17 Å². The van der Waals surface area contributed by atoms with Gasteiger partial charge in [0.2, 0.25) is 0 Å². The molecular formula is C24H51FO2. The molecular weight excluding hydrogens is 339 g/mol. The number of halogens is 1. The Morgan fingerprint density at radius 1 is 0.593 bits per heavy atom. The molecule has 3 aliphatic rings. The molecule has 5 unspecified atom stereocenters. The van der Waals surface area contributed by atoms with Crippen LogP contribution in [0.2, 0.25) is 0 Å². The van der Waals surface area contributed by atoms with E-state index in [1.54, 1.807) is 0 Å². The van der Waals surface area contributed by atoms with Crippen LogP contribution in [0.5, 0.6) is 0 Å². The van der Waals surface area contributed by atoms with E-state index >= 15 is 4.39 Å². The van der Waals surface area contributed by atoms with Crippen molar-refractivity contribution in [2.24, 2.45) is 35.5 Å². The second-order valence-electron chi connectivity index (χ2n) is 9.50. The molecule has 5 atom stereocenters. The number of hydrogen-bond donors (Lipinski definition) is 0. The zero-order valence-corrected chi connectivity index (χ0v) is 18.6. The van der Waals surface area contributed by atoms with Gasteiger partial charge in [0.15, 0.2) is 0 Å². The molecule has 3 aliphatic carbocycles. The number of alkyl halides is 1. The van der Waals surface area contributed by atoms with Crippen LogP contribution in [0.25, 0.3) is 0 Å². The summed E-state index contributed by atoms with van der Waals surface area (Å²) in [5, 5.41) is 0. The van der Waals surface area contributed by atoms with Crippen molar-refractivity contribution < 1.29 is 16.8 Å². The van der Waals surface area contributed by atoms with Gasteiger partial charge in [0.25, 0.3) is 0 Å². The lowest BCUT2D eigenvalue weighted by atomic mass is 9.73. The maximum Gasteiger partial charge on any atom is 0.103 e. The van der Waals surface area contributed by atoms with Crippen LogP contribution in [0.4, 0.5) is 4.39 Å². The van der Waals surface area contributed by atoms with Crippen LogP contribution >= 0.6 is 0 Å². The fraction of sp³-hybridized carbons (Fsp3) is 1.00. The van der Waals surface area contributed by atoms with Gasteiger partial charge in [-0.3, -0.25) is 0 Å². The largest absolute Gasteiger partial charge is 0.412 e. The van der Waals surface area contributed by atoms with Crippen LogP contribution in [0.15, 0.2) is 0 Å². The predicted molar refractivity (Wildman–Crippen MR) is 118 cm³/mol. The zero-order chi connectivity index (χ0) is 18.2. The van der Waals surface area contributed by atoms with E-state index in [-0.39, 0.29) is 12.4 Å². The molecule has 2 nitrogen and oxygen atoms in total. The Labute approximate surface area is 170 Å². The normalized spacial score (nSPS) is 40.1. The Kier molecular flexibility index (Phi) is 13.9. The fourth-order valence-corrected chi connectivity index (χ4v) is 6.04. The molecule has 0 radical (unpaired) electrons. The van der Waals surface area contributed by atoms with E-state index in [0.717, 1.165) is 24.2 Å². The third-order valence-corrected chi connectivity index (χ3v) is 7.74. The predicted octanol–water partition coefficient (Wildman–Crippen LogP) is 6.80. The maximum absolute atomic E-state index is 15.2. The van der Waals surface area contributed by atoms with E-state index in [1.807, 2.05) is 13.8 Å². The summed E-state index contributed by atoms with van der Waals surface area (Å²) in [5.74, 6) is 4.43. The molecule has 0 amide bonds. The van der Waals surface area contributed by atoms with Crippen LogP contribution in [-0.4, -0.2) is 17.1 Å². The smallest absolute Gasteiger partial charge is 0.103 e. The fourth-order valence-electron chi connectivity index (χ4n) is 6.04. The SMILES string of the molecule is CC.CC1CCC(C2CCCC(C3CCCC(C)CC3)C(F)C2)CC1.O.O.[HH]. The molecule has 3 saturated carbocycles. The summed E-state index contributed by atoms with van der Waals surface area (Å²) in [6.07, 6.45) is 16.4. The van der Waals surface area contributed by atoms with Gasteiger partial charge in [-0.15, -0.1) is 0 Å². The minimum atomic E-state index is -0.500. The second-order valence-corrected chi connectivity index (χ2v) is 9.50. The van der Waals surface area contributed by atoms with Gasteiger partial charge in [-0.25, -0.2) is 4.39 Å². The Bertz CT molecular complexity index is 361. The van der Waals surface area contributed by atoms with Crippen molar-refractivity contribution >= 4 is 0 Å². The van der Waals surface area contributed by atoms with E-state index in [0.29, 0.717) is 17.8 Å². The average Bonchev–Trinajstić information content (AvgIpc) is 2.95. The second kappa shape index (κ2) is 13.9. The van der Waals surface area contributed by atoms with E-state index in [2.05, 4.69) is 13.8 Å². The molecule has 3 rings (SSSR count). The molecule has 166 valence electrons. The zero-order valence-electron chi connectivity index (χ0n) is 18.6. The minimum absolute atomic E-state index is 0. The summed E-state index contributed by atoms with van der Waals surface area (Å²) in [6, 6.07) is 0. The van der Waals surface area contributed by atoms with Gasteiger partial charge < -0.3 is 11.0 Å². The van der Waals surface area contributed by atoms with Crippen molar-refractivity contribution in [3.05, 3.63) is 0 Å². The quantitative estimate of drug-likeness (QED) is 0.466. The highest BCUT2D eigenvalue weighted by Gasteiger charge is 2.37. The lowest BCUT2D eigenvalue weighted by Gasteiger charge is -2.33. The summed E-state index contributed by atoms with van der Waals surface area (Å²) >= 11 is 0. The monoisotopic (exact) mass is 390 g/mol. The molecule has 0 aliphatic heterocycles. The first-order valence-corrected chi connectivity index (χ1v) is 11.8. The standard InChI is InChI=1S/C22H39F.C2H6.2H2O.H2/c1-16-5-3-6-19(14-11-16)21-8-4-7-20(15-22(21)23)18-12-9-17(2)10-13-18;1-2;;;/h16-22H,3-15H2,1-2H3;1-2H3;2*1H2;1H. The molecule has 0 aromatic carbocycles. The summed E-state index contributed by atoms with van der Waals surface area (Å²) < 4.78 is 15.2. The number of rotatable bonds is 2. The van der Waals surface area contributed by atoms with Crippen molar-refractivity contribution in [3.63, 3.8) is 0 Å². The number of hydrogen-bond acceptors (Lipinski definition) is 0.